The van der Waals surface area contributed by atoms with Crippen LogP contribution in [-0.4, -0.2) is 25.5 Å². The van der Waals surface area contributed by atoms with Crippen LogP contribution in [0.1, 0.15) is 5.56 Å². The maximum atomic E-state index is 11.3. The zero-order valence-electron chi connectivity index (χ0n) is 9.57. The summed E-state index contributed by atoms with van der Waals surface area (Å²) < 4.78 is 4.67. The van der Waals surface area contributed by atoms with Crippen molar-refractivity contribution in [3.8, 4) is 0 Å². The van der Waals surface area contributed by atoms with Crippen molar-refractivity contribution in [2.45, 2.75) is 0 Å². The molecule has 0 fully saturated rings. The Morgan fingerprint density at radius 1 is 1.33 bits per heavy atom. The van der Waals surface area contributed by atoms with Crippen LogP contribution in [-0.2, 0) is 14.3 Å². The normalized spacial score (nSPS) is 10.4. The van der Waals surface area contributed by atoms with E-state index in [1.54, 1.807) is 18.2 Å². The zero-order chi connectivity index (χ0) is 13.5. The molecule has 0 aliphatic carbocycles. The zero-order valence-corrected chi connectivity index (χ0v) is 11.1. The lowest BCUT2D eigenvalue weighted by atomic mass is 10.2. The third-order valence-corrected chi connectivity index (χ3v) is 2.67. The van der Waals surface area contributed by atoms with Crippen LogP contribution in [0.25, 0.3) is 6.08 Å². The van der Waals surface area contributed by atoms with E-state index in [-0.39, 0.29) is 12.5 Å². The van der Waals surface area contributed by atoms with Gasteiger partial charge in [0.1, 0.15) is 0 Å². The van der Waals surface area contributed by atoms with Crippen molar-refractivity contribution < 1.29 is 14.3 Å². The quantitative estimate of drug-likeness (QED) is 0.683. The van der Waals surface area contributed by atoms with Gasteiger partial charge in [0.15, 0.2) is 6.61 Å². The summed E-state index contributed by atoms with van der Waals surface area (Å²) in [7, 11) is 1.45. The number of ether oxygens (including phenoxy) is 1. The van der Waals surface area contributed by atoms with E-state index >= 15 is 0 Å². The molecular weight excluding hydrogens is 277 g/mol. The number of carbonyl (C=O) groups excluding carboxylic acids is 2. The van der Waals surface area contributed by atoms with Gasteiger partial charge in [-0.25, -0.2) is 4.79 Å². The molecular formula is C12H11Cl2NO3. The molecule has 1 amide bonds. The third kappa shape index (κ3) is 4.39. The van der Waals surface area contributed by atoms with Gasteiger partial charge >= 0.3 is 5.97 Å². The molecule has 0 heterocycles. The molecule has 1 N–H and O–H groups in total. The molecule has 0 aliphatic heterocycles. The Kier molecular flexibility index (Phi) is 5.68. The first-order valence-corrected chi connectivity index (χ1v) is 5.79. The largest absolute Gasteiger partial charge is 0.452 e. The van der Waals surface area contributed by atoms with Gasteiger partial charge in [0.25, 0.3) is 5.91 Å². The highest BCUT2D eigenvalue weighted by Crippen LogP contribution is 2.25. The Balaban J connectivity index is 2.64. The van der Waals surface area contributed by atoms with Gasteiger partial charge in [0, 0.05) is 28.7 Å². The van der Waals surface area contributed by atoms with E-state index < -0.39 is 5.97 Å². The van der Waals surface area contributed by atoms with Crippen molar-refractivity contribution in [2.75, 3.05) is 13.7 Å². The van der Waals surface area contributed by atoms with E-state index in [9.17, 15) is 9.59 Å². The number of esters is 1. The Morgan fingerprint density at radius 2 is 1.94 bits per heavy atom. The van der Waals surface area contributed by atoms with Crippen LogP contribution in [0.15, 0.2) is 24.3 Å². The second-order valence-corrected chi connectivity index (χ2v) is 4.06. The molecule has 4 nitrogen and oxygen atoms in total. The van der Waals surface area contributed by atoms with Gasteiger partial charge < -0.3 is 10.1 Å². The summed E-state index contributed by atoms with van der Waals surface area (Å²) >= 11 is 11.8. The van der Waals surface area contributed by atoms with E-state index in [2.05, 4.69) is 10.1 Å². The van der Waals surface area contributed by atoms with Crippen LogP contribution in [0, 0.1) is 0 Å². The molecule has 0 spiro atoms. The Hall–Kier alpha value is -1.52. The number of nitrogens with one attached hydrogen (secondary N) is 1. The molecule has 96 valence electrons. The molecule has 0 saturated carbocycles. The molecule has 0 bridgehead atoms. The molecule has 0 aliphatic rings. The fourth-order valence-corrected chi connectivity index (χ4v) is 1.60. The van der Waals surface area contributed by atoms with Crippen LogP contribution in [0.3, 0.4) is 0 Å². The molecule has 0 radical (unpaired) electrons. The number of hydrogen-bond donors (Lipinski definition) is 1. The molecule has 18 heavy (non-hydrogen) atoms. The first kappa shape index (κ1) is 14.5. The number of likely N-dealkylation sites (N-methyl/N-ethyl adjacent to an activating group) is 1. The Bertz CT molecular complexity index is 466. The average Bonchev–Trinajstić information content (AvgIpc) is 2.35. The van der Waals surface area contributed by atoms with Crippen molar-refractivity contribution in [1.82, 2.24) is 5.32 Å². The number of carbonyl (C=O) groups is 2. The second kappa shape index (κ2) is 7.03. The highest BCUT2D eigenvalue weighted by molar-refractivity contribution is 6.37. The fourth-order valence-electron chi connectivity index (χ4n) is 1.08. The van der Waals surface area contributed by atoms with E-state index in [1.165, 1.54) is 13.1 Å². The minimum absolute atomic E-state index is 0.323. The summed E-state index contributed by atoms with van der Waals surface area (Å²) in [5.41, 5.74) is 0.526. The van der Waals surface area contributed by atoms with Gasteiger partial charge in [-0.2, -0.15) is 0 Å². The summed E-state index contributed by atoms with van der Waals surface area (Å²) in [6.07, 6.45) is 2.60. The van der Waals surface area contributed by atoms with Gasteiger partial charge in [-0.05, 0) is 18.2 Å². The molecule has 1 rings (SSSR count). The van der Waals surface area contributed by atoms with Crippen LogP contribution >= 0.6 is 23.2 Å². The topological polar surface area (TPSA) is 55.4 Å². The Morgan fingerprint density at radius 3 is 2.50 bits per heavy atom. The predicted molar refractivity (Wildman–Crippen MR) is 70.5 cm³/mol. The number of rotatable bonds is 4. The predicted octanol–water partition coefficient (Wildman–Crippen LogP) is 2.30. The molecule has 0 saturated heterocycles. The molecule has 0 unspecified atom stereocenters. The first-order chi connectivity index (χ1) is 8.54. The van der Waals surface area contributed by atoms with Gasteiger partial charge in [-0.1, -0.05) is 29.3 Å². The molecule has 0 aromatic heterocycles. The summed E-state index contributed by atoms with van der Waals surface area (Å²) in [4.78, 5) is 22.1. The smallest absolute Gasteiger partial charge is 0.331 e. The highest BCUT2D eigenvalue weighted by atomic mass is 35.5. The first-order valence-electron chi connectivity index (χ1n) is 5.04. The number of amides is 1. The second-order valence-electron chi connectivity index (χ2n) is 3.25. The SMILES string of the molecule is CNC(=O)COC(=O)/C=C/c1c(Cl)cccc1Cl. The molecule has 6 heteroatoms. The van der Waals surface area contributed by atoms with Crippen molar-refractivity contribution in [1.29, 1.82) is 0 Å². The number of halogens is 2. The van der Waals surface area contributed by atoms with E-state index in [0.29, 0.717) is 15.6 Å². The summed E-state index contributed by atoms with van der Waals surface area (Å²) in [5.74, 6) is -1.03. The third-order valence-electron chi connectivity index (χ3n) is 2.01. The van der Waals surface area contributed by atoms with Crippen LogP contribution in [0.2, 0.25) is 10.0 Å². The van der Waals surface area contributed by atoms with Gasteiger partial charge in [0.2, 0.25) is 0 Å². The fraction of sp³-hybridized carbons (Fsp3) is 0.167. The monoisotopic (exact) mass is 287 g/mol. The standard InChI is InChI=1S/C12H11Cl2NO3/c1-15-11(16)7-18-12(17)6-5-8-9(13)3-2-4-10(8)14/h2-6H,7H2,1H3,(H,15,16)/b6-5+. The van der Waals surface area contributed by atoms with Gasteiger partial charge in [-0.15, -0.1) is 0 Å². The van der Waals surface area contributed by atoms with Crippen molar-refractivity contribution in [3.05, 3.63) is 39.9 Å². The van der Waals surface area contributed by atoms with Gasteiger partial charge in [-0.3, -0.25) is 4.79 Å². The summed E-state index contributed by atoms with van der Waals surface area (Å²) in [6.45, 7) is -0.323. The van der Waals surface area contributed by atoms with Crippen molar-refractivity contribution in [2.24, 2.45) is 0 Å². The average molecular weight is 288 g/mol. The number of benzene rings is 1. The van der Waals surface area contributed by atoms with Gasteiger partial charge in [0.05, 0.1) is 0 Å². The van der Waals surface area contributed by atoms with E-state index in [4.69, 9.17) is 23.2 Å². The van der Waals surface area contributed by atoms with Crippen LogP contribution < -0.4 is 5.32 Å². The summed E-state index contributed by atoms with van der Waals surface area (Å²) in [5, 5.41) is 3.19. The lowest BCUT2D eigenvalue weighted by Gasteiger charge is -2.02. The minimum atomic E-state index is -0.644. The van der Waals surface area contributed by atoms with E-state index in [0.717, 1.165) is 6.08 Å². The molecule has 1 aromatic rings. The molecule has 0 atom stereocenters. The molecule has 1 aromatic carbocycles. The maximum Gasteiger partial charge on any atom is 0.331 e. The minimum Gasteiger partial charge on any atom is -0.452 e. The maximum absolute atomic E-state index is 11.3. The van der Waals surface area contributed by atoms with E-state index in [1.807, 2.05) is 0 Å². The van der Waals surface area contributed by atoms with Crippen LogP contribution in [0.5, 0.6) is 0 Å². The summed E-state index contributed by atoms with van der Waals surface area (Å²) in [6, 6.07) is 5.01. The lowest BCUT2D eigenvalue weighted by Crippen LogP contribution is -2.24. The van der Waals surface area contributed by atoms with Crippen LogP contribution in [0.4, 0.5) is 0 Å². The van der Waals surface area contributed by atoms with Crippen molar-refractivity contribution >= 4 is 41.2 Å². The Labute approximate surface area is 115 Å². The highest BCUT2D eigenvalue weighted by Gasteiger charge is 2.04. The lowest BCUT2D eigenvalue weighted by molar-refractivity contribution is -0.143. The number of hydrogen-bond acceptors (Lipinski definition) is 3. The van der Waals surface area contributed by atoms with Crippen molar-refractivity contribution in [3.63, 3.8) is 0 Å².